The van der Waals surface area contributed by atoms with Crippen LogP contribution in [0.25, 0.3) is 11.1 Å². The Labute approximate surface area is 138 Å². The lowest BCUT2D eigenvalue weighted by molar-refractivity contribution is 0.294. The number of sulfone groups is 1. The summed E-state index contributed by atoms with van der Waals surface area (Å²) in [6.07, 6.45) is 2.81. The summed E-state index contributed by atoms with van der Waals surface area (Å²) in [6, 6.07) is 12.4. The number of hydrogen-bond donors (Lipinski definition) is 0. The Morgan fingerprint density at radius 1 is 1.13 bits per heavy atom. The number of benzene rings is 1. The van der Waals surface area contributed by atoms with E-state index in [1.807, 2.05) is 17.5 Å². The second kappa shape index (κ2) is 6.47. The monoisotopic (exact) mass is 346 g/mol. The first kappa shape index (κ1) is 15.6. The van der Waals surface area contributed by atoms with Gasteiger partial charge in [-0.05, 0) is 29.1 Å². The van der Waals surface area contributed by atoms with Crippen molar-refractivity contribution in [3.05, 3.63) is 58.9 Å². The first-order chi connectivity index (χ1) is 11.0. The molecule has 0 aliphatic rings. The molecule has 5 nitrogen and oxygen atoms in total. The van der Waals surface area contributed by atoms with Crippen molar-refractivity contribution in [3.8, 4) is 17.0 Å². The summed E-state index contributed by atoms with van der Waals surface area (Å²) in [6.45, 7) is 0.447. The Morgan fingerprint density at radius 3 is 2.57 bits per heavy atom. The smallest absolute Gasteiger partial charge is 0.234 e. The van der Waals surface area contributed by atoms with Crippen LogP contribution in [0.5, 0.6) is 5.88 Å². The van der Waals surface area contributed by atoms with Crippen molar-refractivity contribution in [1.29, 1.82) is 0 Å². The van der Waals surface area contributed by atoms with E-state index in [0.717, 1.165) is 16.0 Å². The van der Waals surface area contributed by atoms with Gasteiger partial charge in [-0.15, -0.1) is 16.4 Å². The van der Waals surface area contributed by atoms with Gasteiger partial charge >= 0.3 is 0 Å². The van der Waals surface area contributed by atoms with Crippen molar-refractivity contribution in [2.24, 2.45) is 0 Å². The molecule has 0 amide bonds. The van der Waals surface area contributed by atoms with Crippen LogP contribution in [0.15, 0.2) is 58.9 Å². The third kappa shape index (κ3) is 3.94. The molecule has 3 rings (SSSR count). The molecule has 0 unspecified atom stereocenters. The van der Waals surface area contributed by atoms with Crippen LogP contribution < -0.4 is 4.74 Å². The highest BCUT2D eigenvalue weighted by Crippen LogP contribution is 2.23. The Morgan fingerprint density at radius 2 is 1.91 bits per heavy atom. The minimum atomic E-state index is -3.20. The first-order valence-electron chi connectivity index (χ1n) is 6.81. The van der Waals surface area contributed by atoms with E-state index in [1.54, 1.807) is 47.9 Å². The molecule has 0 bridgehead atoms. The highest BCUT2D eigenvalue weighted by atomic mass is 32.2. The summed E-state index contributed by atoms with van der Waals surface area (Å²) < 4.78 is 28.6. The lowest BCUT2D eigenvalue weighted by Gasteiger charge is -2.06. The minimum Gasteiger partial charge on any atom is -0.471 e. The van der Waals surface area contributed by atoms with Gasteiger partial charge in [0.25, 0.3) is 0 Å². The van der Waals surface area contributed by atoms with E-state index in [0.29, 0.717) is 12.5 Å². The zero-order valence-electron chi connectivity index (χ0n) is 12.3. The lowest BCUT2D eigenvalue weighted by atomic mass is 10.1. The van der Waals surface area contributed by atoms with Crippen LogP contribution in [-0.4, -0.2) is 24.9 Å². The van der Waals surface area contributed by atoms with Gasteiger partial charge in [0.05, 0.1) is 11.1 Å². The average Bonchev–Trinajstić information content (AvgIpc) is 3.06. The molecule has 0 fully saturated rings. The molecule has 7 heteroatoms. The highest BCUT2D eigenvalue weighted by molar-refractivity contribution is 7.90. The molecule has 0 aliphatic heterocycles. The molecule has 0 radical (unpaired) electrons. The zero-order valence-corrected chi connectivity index (χ0v) is 14.0. The van der Waals surface area contributed by atoms with E-state index >= 15 is 0 Å². The molecule has 2 heterocycles. The van der Waals surface area contributed by atoms with Gasteiger partial charge in [0, 0.05) is 22.8 Å². The van der Waals surface area contributed by atoms with Crippen molar-refractivity contribution in [1.82, 2.24) is 10.2 Å². The van der Waals surface area contributed by atoms with Gasteiger partial charge < -0.3 is 4.74 Å². The van der Waals surface area contributed by atoms with Crippen molar-refractivity contribution in [3.63, 3.8) is 0 Å². The fraction of sp³-hybridized carbons (Fsp3) is 0.125. The van der Waals surface area contributed by atoms with E-state index in [-0.39, 0.29) is 4.90 Å². The standard InChI is InChI=1S/C16H14N2O3S2/c1-23(19,20)15-6-4-12(5-7-15)13-9-16(18-17-10-13)21-11-14-3-2-8-22-14/h2-10H,11H2,1H3. The molecule has 3 aromatic rings. The van der Waals surface area contributed by atoms with E-state index in [2.05, 4.69) is 10.2 Å². The quantitative estimate of drug-likeness (QED) is 0.710. The summed E-state index contributed by atoms with van der Waals surface area (Å²) >= 11 is 1.62. The summed E-state index contributed by atoms with van der Waals surface area (Å²) in [4.78, 5) is 1.40. The fourth-order valence-corrected chi connectivity index (χ4v) is 3.26. The van der Waals surface area contributed by atoms with E-state index < -0.39 is 9.84 Å². The minimum absolute atomic E-state index is 0.289. The van der Waals surface area contributed by atoms with Crippen LogP contribution in [0.3, 0.4) is 0 Å². The van der Waals surface area contributed by atoms with Crippen LogP contribution in [0.1, 0.15) is 4.88 Å². The Balaban J connectivity index is 1.79. The molecule has 23 heavy (non-hydrogen) atoms. The van der Waals surface area contributed by atoms with Crippen LogP contribution >= 0.6 is 11.3 Å². The largest absolute Gasteiger partial charge is 0.471 e. The van der Waals surface area contributed by atoms with Crippen molar-refractivity contribution < 1.29 is 13.2 Å². The molecule has 118 valence electrons. The van der Waals surface area contributed by atoms with Crippen LogP contribution in [0, 0.1) is 0 Å². The summed E-state index contributed by atoms with van der Waals surface area (Å²) in [7, 11) is -3.20. The molecule has 0 N–H and O–H groups in total. The number of aromatic nitrogens is 2. The first-order valence-corrected chi connectivity index (χ1v) is 9.58. The lowest BCUT2D eigenvalue weighted by Crippen LogP contribution is -1.98. The van der Waals surface area contributed by atoms with Crippen molar-refractivity contribution >= 4 is 21.2 Å². The second-order valence-corrected chi connectivity index (χ2v) is 8.00. The van der Waals surface area contributed by atoms with Crippen LogP contribution in [0.4, 0.5) is 0 Å². The fourth-order valence-electron chi connectivity index (χ4n) is 2.01. The van der Waals surface area contributed by atoms with E-state index in [1.165, 1.54) is 6.26 Å². The maximum atomic E-state index is 11.5. The molecule has 0 spiro atoms. The van der Waals surface area contributed by atoms with Gasteiger partial charge in [-0.2, -0.15) is 5.10 Å². The molecular weight excluding hydrogens is 332 g/mol. The summed E-state index contributed by atoms with van der Waals surface area (Å²) in [5.41, 5.74) is 1.68. The van der Waals surface area contributed by atoms with Gasteiger partial charge in [0.2, 0.25) is 5.88 Å². The molecule has 0 saturated carbocycles. The number of hydrogen-bond acceptors (Lipinski definition) is 6. The zero-order chi connectivity index (χ0) is 16.3. The summed E-state index contributed by atoms with van der Waals surface area (Å²) in [5.74, 6) is 0.433. The maximum Gasteiger partial charge on any atom is 0.234 e. The Hall–Kier alpha value is -2.25. The normalized spacial score (nSPS) is 11.3. The molecular formula is C16H14N2O3S2. The average molecular weight is 346 g/mol. The maximum absolute atomic E-state index is 11.5. The van der Waals surface area contributed by atoms with Crippen LogP contribution in [0.2, 0.25) is 0 Å². The third-order valence-corrected chi connectivity index (χ3v) is 5.17. The van der Waals surface area contributed by atoms with Gasteiger partial charge in [-0.3, -0.25) is 0 Å². The van der Waals surface area contributed by atoms with Gasteiger partial charge in [-0.25, -0.2) is 8.42 Å². The molecule has 0 aliphatic carbocycles. The highest BCUT2D eigenvalue weighted by Gasteiger charge is 2.08. The Bertz CT molecular complexity index is 889. The molecule has 0 saturated heterocycles. The van der Waals surface area contributed by atoms with E-state index in [9.17, 15) is 8.42 Å². The third-order valence-electron chi connectivity index (χ3n) is 3.19. The topological polar surface area (TPSA) is 69.2 Å². The van der Waals surface area contributed by atoms with Gasteiger partial charge in [-0.1, -0.05) is 18.2 Å². The molecule has 0 atom stereocenters. The van der Waals surface area contributed by atoms with Crippen molar-refractivity contribution in [2.45, 2.75) is 11.5 Å². The van der Waals surface area contributed by atoms with E-state index in [4.69, 9.17) is 4.74 Å². The predicted molar refractivity (Wildman–Crippen MR) is 89.2 cm³/mol. The molecule has 2 aromatic heterocycles. The number of nitrogens with zero attached hydrogens (tertiary/aromatic N) is 2. The molecule has 1 aromatic carbocycles. The van der Waals surface area contributed by atoms with Crippen molar-refractivity contribution in [2.75, 3.05) is 6.26 Å². The summed E-state index contributed by atoms with van der Waals surface area (Å²) in [5, 5.41) is 9.89. The van der Waals surface area contributed by atoms with Gasteiger partial charge in [0.1, 0.15) is 6.61 Å². The SMILES string of the molecule is CS(=O)(=O)c1ccc(-c2cnnc(OCc3cccs3)c2)cc1. The Kier molecular flexibility index (Phi) is 4.40. The number of rotatable bonds is 5. The number of thiophene rings is 1. The van der Waals surface area contributed by atoms with Gasteiger partial charge in [0.15, 0.2) is 9.84 Å². The second-order valence-electron chi connectivity index (χ2n) is 4.95. The predicted octanol–water partition coefficient (Wildman–Crippen LogP) is 3.19. The van der Waals surface area contributed by atoms with Crippen LogP contribution in [-0.2, 0) is 16.4 Å². The number of ether oxygens (including phenoxy) is 1.